The number of hydrogen-bond donors (Lipinski definition) is 0. The molecule has 72 valence electrons. The first-order chi connectivity index (χ1) is 6.72. The van der Waals surface area contributed by atoms with E-state index >= 15 is 0 Å². The van der Waals surface area contributed by atoms with Crippen LogP contribution in [0, 0.1) is 0 Å². The summed E-state index contributed by atoms with van der Waals surface area (Å²) < 4.78 is 9.63. The summed E-state index contributed by atoms with van der Waals surface area (Å²) in [6.45, 7) is 2.36. The first-order valence-corrected chi connectivity index (χ1v) is 4.25. The van der Waals surface area contributed by atoms with E-state index < -0.39 is 11.9 Å². The molecule has 0 aromatic heterocycles. The van der Waals surface area contributed by atoms with E-state index in [1.54, 1.807) is 6.07 Å². The van der Waals surface area contributed by atoms with Gasteiger partial charge in [0, 0.05) is 0 Å². The van der Waals surface area contributed by atoms with Crippen LogP contribution in [0.5, 0.6) is 5.75 Å². The van der Waals surface area contributed by atoms with E-state index in [9.17, 15) is 9.59 Å². The van der Waals surface area contributed by atoms with Gasteiger partial charge < -0.3 is 9.47 Å². The third-order valence-electron chi connectivity index (χ3n) is 1.93. The Morgan fingerprint density at radius 1 is 1.21 bits per heavy atom. The zero-order chi connectivity index (χ0) is 10.1. The second-order valence-electron chi connectivity index (χ2n) is 2.82. The van der Waals surface area contributed by atoms with Gasteiger partial charge in [0.15, 0.2) is 0 Å². The smallest absolute Gasteiger partial charge is 0.347 e. The number of ether oxygens (including phenoxy) is 2. The highest BCUT2D eigenvalue weighted by Crippen LogP contribution is 2.24. The maximum Gasteiger partial charge on any atom is 0.347 e. The largest absolute Gasteiger partial charge is 0.494 e. The molecule has 0 saturated heterocycles. The van der Waals surface area contributed by atoms with Crippen LogP contribution in [0.4, 0.5) is 0 Å². The molecule has 0 atom stereocenters. The molecule has 0 aliphatic carbocycles. The molecule has 0 saturated carbocycles. The molecule has 14 heavy (non-hydrogen) atoms. The van der Waals surface area contributed by atoms with E-state index in [0.717, 1.165) is 0 Å². The minimum atomic E-state index is -0.605. The van der Waals surface area contributed by atoms with Gasteiger partial charge in [-0.1, -0.05) is 0 Å². The Labute approximate surface area is 80.4 Å². The van der Waals surface area contributed by atoms with Crippen molar-refractivity contribution in [3.63, 3.8) is 0 Å². The van der Waals surface area contributed by atoms with Crippen LogP contribution in [0.3, 0.4) is 0 Å². The standard InChI is InChI=1S/C10H8O4/c1-2-13-6-3-4-7-8(5-6)10(12)14-9(7)11/h3-5H,2H2,1H3. The molecular weight excluding hydrogens is 184 g/mol. The lowest BCUT2D eigenvalue weighted by atomic mass is 10.1. The third kappa shape index (κ3) is 1.25. The fourth-order valence-electron chi connectivity index (χ4n) is 1.32. The van der Waals surface area contributed by atoms with E-state index in [1.807, 2.05) is 6.92 Å². The average molecular weight is 192 g/mol. The first kappa shape index (κ1) is 8.74. The van der Waals surface area contributed by atoms with Crippen LogP contribution in [0.15, 0.2) is 18.2 Å². The first-order valence-electron chi connectivity index (χ1n) is 4.25. The quantitative estimate of drug-likeness (QED) is 0.525. The molecule has 0 N–H and O–H groups in total. The van der Waals surface area contributed by atoms with Crippen LogP contribution >= 0.6 is 0 Å². The van der Waals surface area contributed by atoms with Crippen molar-refractivity contribution in [1.29, 1.82) is 0 Å². The molecule has 0 unspecified atom stereocenters. The molecule has 1 aliphatic rings. The van der Waals surface area contributed by atoms with Gasteiger partial charge in [0.05, 0.1) is 17.7 Å². The maximum absolute atomic E-state index is 11.1. The molecule has 4 heteroatoms. The molecule has 0 amide bonds. The monoisotopic (exact) mass is 192 g/mol. The number of benzene rings is 1. The van der Waals surface area contributed by atoms with Gasteiger partial charge in [-0.25, -0.2) is 9.59 Å². The molecule has 0 bridgehead atoms. The summed E-state index contributed by atoms with van der Waals surface area (Å²) in [7, 11) is 0. The van der Waals surface area contributed by atoms with Gasteiger partial charge in [-0.15, -0.1) is 0 Å². The molecule has 1 aromatic rings. The second-order valence-corrected chi connectivity index (χ2v) is 2.82. The fraction of sp³-hybridized carbons (Fsp3) is 0.200. The Morgan fingerprint density at radius 3 is 2.64 bits per heavy atom. The number of esters is 2. The SMILES string of the molecule is CCOc1ccc2c(c1)C(=O)OC2=O. The van der Waals surface area contributed by atoms with Crippen molar-refractivity contribution in [2.24, 2.45) is 0 Å². The molecule has 0 spiro atoms. The van der Waals surface area contributed by atoms with Crippen molar-refractivity contribution >= 4 is 11.9 Å². The topological polar surface area (TPSA) is 52.6 Å². The van der Waals surface area contributed by atoms with Gasteiger partial charge in [0.1, 0.15) is 5.75 Å². The van der Waals surface area contributed by atoms with Gasteiger partial charge >= 0.3 is 11.9 Å². The van der Waals surface area contributed by atoms with Crippen molar-refractivity contribution in [1.82, 2.24) is 0 Å². The Balaban J connectivity index is 2.44. The van der Waals surface area contributed by atoms with Crippen molar-refractivity contribution in [3.05, 3.63) is 29.3 Å². The summed E-state index contributed by atoms with van der Waals surface area (Å²) in [4.78, 5) is 22.2. The minimum absolute atomic E-state index is 0.279. The van der Waals surface area contributed by atoms with Gasteiger partial charge in [0.25, 0.3) is 0 Å². The molecule has 4 nitrogen and oxygen atoms in total. The van der Waals surface area contributed by atoms with Gasteiger partial charge in [-0.2, -0.15) is 0 Å². The number of cyclic esters (lactones) is 2. The summed E-state index contributed by atoms with van der Waals surface area (Å²) in [6.07, 6.45) is 0. The van der Waals surface area contributed by atoms with E-state index in [2.05, 4.69) is 4.74 Å². The predicted molar refractivity (Wildman–Crippen MR) is 47.4 cm³/mol. The predicted octanol–water partition coefficient (Wildman–Crippen LogP) is 1.40. The zero-order valence-electron chi connectivity index (χ0n) is 7.57. The summed E-state index contributed by atoms with van der Waals surface area (Å²) in [5.74, 6) is -0.627. The van der Waals surface area contributed by atoms with Crippen LogP contribution < -0.4 is 4.74 Å². The van der Waals surface area contributed by atoms with E-state index in [-0.39, 0.29) is 5.56 Å². The number of fused-ring (bicyclic) bond motifs is 1. The highest BCUT2D eigenvalue weighted by molar-refractivity contribution is 6.14. The van der Waals surface area contributed by atoms with Gasteiger partial charge in [0.2, 0.25) is 0 Å². The summed E-state index contributed by atoms with van der Waals surface area (Å²) in [5, 5.41) is 0. The number of carbonyl (C=O) groups is 2. The Bertz CT molecular complexity index is 409. The van der Waals surface area contributed by atoms with Crippen molar-refractivity contribution in [2.75, 3.05) is 6.61 Å². The van der Waals surface area contributed by atoms with E-state index in [0.29, 0.717) is 17.9 Å². The minimum Gasteiger partial charge on any atom is -0.494 e. The average Bonchev–Trinajstić information content (AvgIpc) is 2.43. The molecule has 2 rings (SSSR count). The van der Waals surface area contributed by atoms with Crippen molar-refractivity contribution < 1.29 is 19.1 Å². The molecular formula is C10H8O4. The van der Waals surface area contributed by atoms with Gasteiger partial charge in [-0.3, -0.25) is 0 Å². The zero-order valence-corrected chi connectivity index (χ0v) is 7.57. The summed E-state index contributed by atoms with van der Waals surface area (Å²) in [6, 6.07) is 4.70. The van der Waals surface area contributed by atoms with Gasteiger partial charge in [-0.05, 0) is 25.1 Å². The fourth-order valence-corrected chi connectivity index (χ4v) is 1.32. The molecule has 1 heterocycles. The van der Waals surface area contributed by atoms with Crippen LogP contribution in [0.1, 0.15) is 27.6 Å². The molecule has 0 fully saturated rings. The second kappa shape index (κ2) is 3.14. The molecule has 0 radical (unpaired) electrons. The number of rotatable bonds is 2. The summed E-state index contributed by atoms with van der Waals surface area (Å²) in [5.41, 5.74) is 0.583. The lowest BCUT2D eigenvalue weighted by Gasteiger charge is -2.02. The van der Waals surface area contributed by atoms with E-state index in [4.69, 9.17) is 4.74 Å². The Kier molecular flexibility index (Phi) is 1.96. The highest BCUT2D eigenvalue weighted by Gasteiger charge is 2.29. The maximum atomic E-state index is 11.1. The Hall–Kier alpha value is -1.84. The van der Waals surface area contributed by atoms with Crippen molar-refractivity contribution in [3.8, 4) is 5.75 Å². The van der Waals surface area contributed by atoms with E-state index in [1.165, 1.54) is 12.1 Å². The van der Waals surface area contributed by atoms with Crippen molar-refractivity contribution in [2.45, 2.75) is 6.92 Å². The third-order valence-corrected chi connectivity index (χ3v) is 1.93. The van der Waals surface area contributed by atoms with Crippen LogP contribution in [0.25, 0.3) is 0 Å². The molecule has 1 aromatic carbocycles. The number of carbonyl (C=O) groups excluding carboxylic acids is 2. The Morgan fingerprint density at radius 2 is 1.93 bits per heavy atom. The lowest BCUT2D eigenvalue weighted by molar-refractivity contribution is 0.0443. The van der Waals surface area contributed by atoms with Crippen LogP contribution in [-0.4, -0.2) is 18.5 Å². The van der Waals surface area contributed by atoms with Crippen LogP contribution in [0.2, 0.25) is 0 Å². The normalized spacial score (nSPS) is 13.8. The summed E-state index contributed by atoms with van der Waals surface area (Å²) >= 11 is 0. The lowest BCUT2D eigenvalue weighted by Crippen LogP contribution is -1.97. The highest BCUT2D eigenvalue weighted by atomic mass is 16.6. The van der Waals surface area contributed by atoms with Crippen LogP contribution in [-0.2, 0) is 4.74 Å². The number of hydrogen-bond acceptors (Lipinski definition) is 4. The molecule has 1 aliphatic heterocycles.